The average molecular weight is 251 g/mol. The zero-order valence-electron chi connectivity index (χ0n) is 11.5. The number of hydrogen-bond acceptors (Lipinski definition) is 2. The van der Waals surface area contributed by atoms with Gasteiger partial charge in [-0.25, -0.2) is 0 Å². The van der Waals surface area contributed by atoms with Crippen LogP contribution in [-0.2, 0) is 0 Å². The summed E-state index contributed by atoms with van der Waals surface area (Å²) in [6.07, 6.45) is 4.05. The Labute approximate surface area is 113 Å². The second-order valence-electron chi connectivity index (χ2n) is 5.48. The number of hydrogen-bond donors (Lipinski definition) is 0. The van der Waals surface area contributed by atoms with Crippen molar-refractivity contribution in [1.82, 2.24) is 4.98 Å². The number of benzene rings is 1. The highest BCUT2D eigenvalue weighted by Crippen LogP contribution is 2.38. The third kappa shape index (κ3) is 2.26. The smallest absolute Gasteiger partial charge is 0.128 e. The number of nitrogens with zero attached hydrogens (tertiary/aromatic N) is 1. The van der Waals surface area contributed by atoms with Crippen molar-refractivity contribution in [2.45, 2.75) is 26.4 Å². The summed E-state index contributed by atoms with van der Waals surface area (Å²) >= 11 is 0. The molecule has 2 aromatic rings. The first-order valence-electron chi connectivity index (χ1n) is 6.49. The Morgan fingerprint density at radius 3 is 2.58 bits per heavy atom. The van der Waals surface area contributed by atoms with E-state index in [4.69, 9.17) is 4.74 Å². The lowest BCUT2D eigenvalue weighted by atomic mass is 9.92. The van der Waals surface area contributed by atoms with Gasteiger partial charge >= 0.3 is 0 Å². The highest BCUT2D eigenvalue weighted by molar-refractivity contribution is 5.83. The minimum atomic E-state index is -0.309. The molecular weight excluding hydrogens is 234 g/mol. The first kappa shape index (κ1) is 12.0. The highest BCUT2D eigenvalue weighted by Gasteiger charge is 2.27. The Bertz CT molecular complexity index is 639. The summed E-state index contributed by atoms with van der Waals surface area (Å²) in [7, 11) is 0. The summed E-state index contributed by atoms with van der Waals surface area (Å²) in [5.41, 5.74) is 4.11. The van der Waals surface area contributed by atoms with Gasteiger partial charge in [-0.2, -0.15) is 0 Å². The molecule has 0 saturated carbocycles. The lowest BCUT2D eigenvalue weighted by Gasteiger charge is -2.30. The second kappa shape index (κ2) is 4.23. The van der Waals surface area contributed by atoms with Crippen LogP contribution < -0.4 is 4.74 Å². The summed E-state index contributed by atoms with van der Waals surface area (Å²) in [6.45, 7) is 6.18. The number of ether oxygens (including phenoxy) is 1. The third-order valence-corrected chi connectivity index (χ3v) is 3.23. The maximum Gasteiger partial charge on any atom is 0.128 e. The molecule has 0 bridgehead atoms. The van der Waals surface area contributed by atoms with Crippen LogP contribution in [0.1, 0.15) is 30.7 Å². The lowest BCUT2D eigenvalue weighted by Crippen LogP contribution is -2.29. The van der Waals surface area contributed by atoms with Gasteiger partial charge in [0.25, 0.3) is 0 Å². The van der Waals surface area contributed by atoms with Crippen LogP contribution >= 0.6 is 0 Å². The van der Waals surface area contributed by atoms with Crippen molar-refractivity contribution in [2.24, 2.45) is 0 Å². The monoisotopic (exact) mass is 251 g/mol. The molecule has 0 aliphatic carbocycles. The van der Waals surface area contributed by atoms with E-state index < -0.39 is 0 Å². The molecule has 1 aliphatic heterocycles. The fourth-order valence-corrected chi connectivity index (χ4v) is 2.36. The van der Waals surface area contributed by atoms with Gasteiger partial charge in [-0.15, -0.1) is 0 Å². The third-order valence-electron chi connectivity index (χ3n) is 3.23. The van der Waals surface area contributed by atoms with E-state index >= 15 is 0 Å². The lowest BCUT2D eigenvalue weighted by molar-refractivity contribution is 0.158. The number of aromatic nitrogens is 1. The molecule has 0 saturated heterocycles. The predicted octanol–water partition coefficient (Wildman–Crippen LogP) is 3.99. The van der Waals surface area contributed by atoms with Gasteiger partial charge in [0, 0.05) is 17.3 Å². The molecule has 0 radical (unpaired) electrons. The summed E-state index contributed by atoms with van der Waals surface area (Å²) in [4.78, 5) is 4.54. The van der Waals surface area contributed by atoms with E-state index in [1.165, 1.54) is 5.56 Å². The molecule has 96 valence electrons. The van der Waals surface area contributed by atoms with Crippen molar-refractivity contribution >= 4 is 5.57 Å². The van der Waals surface area contributed by atoms with E-state index in [9.17, 15) is 0 Å². The molecule has 1 aliphatic rings. The van der Waals surface area contributed by atoms with Crippen molar-refractivity contribution < 1.29 is 4.74 Å². The van der Waals surface area contributed by atoms with Crippen molar-refractivity contribution in [2.75, 3.05) is 0 Å². The molecule has 0 N–H and O–H groups in total. The predicted molar refractivity (Wildman–Crippen MR) is 77.2 cm³/mol. The molecule has 2 heterocycles. The van der Waals surface area contributed by atoms with Crippen LogP contribution in [0.15, 0.2) is 48.7 Å². The van der Waals surface area contributed by atoms with Crippen molar-refractivity contribution in [3.63, 3.8) is 0 Å². The molecule has 1 aromatic heterocycles. The van der Waals surface area contributed by atoms with Gasteiger partial charge in [-0.1, -0.05) is 24.3 Å². The van der Waals surface area contributed by atoms with Crippen molar-refractivity contribution in [3.8, 4) is 5.75 Å². The minimum Gasteiger partial charge on any atom is -0.483 e. The van der Waals surface area contributed by atoms with Crippen LogP contribution in [0.4, 0.5) is 0 Å². The zero-order chi connectivity index (χ0) is 13.5. The number of aryl methyl sites for hydroxylation is 1. The molecule has 0 spiro atoms. The maximum atomic E-state index is 5.99. The van der Waals surface area contributed by atoms with E-state index in [1.807, 2.05) is 31.3 Å². The maximum absolute atomic E-state index is 5.99. The Balaban J connectivity index is 2.17. The molecule has 19 heavy (non-hydrogen) atoms. The Kier molecular flexibility index (Phi) is 2.67. The van der Waals surface area contributed by atoms with E-state index in [0.29, 0.717) is 0 Å². The first-order chi connectivity index (χ1) is 9.05. The summed E-state index contributed by atoms with van der Waals surface area (Å²) in [6, 6.07) is 12.3. The van der Waals surface area contributed by atoms with Crippen LogP contribution in [-0.4, -0.2) is 10.6 Å². The summed E-state index contributed by atoms with van der Waals surface area (Å²) in [5, 5.41) is 0. The highest BCUT2D eigenvalue weighted by atomic mass is 16.5. The summed E-state index contributed by atoms with van der Waals surface area (Å²) in [5.74, 6) is 0.923. The van der Waals surface area contributed by atoms with Crippen LogP contribution in [0.3, 0.4) is 0 Å². The van der Waals surface area contributed by atoms with Crippen LogP contribution in [0.2, 0.25) is 0 Å². The molecule has 0 fully saturated rings. The van der Waals surface area contributed by atoms with Crippen LogP contribution in [0, 0.1) is 6.92 Å². The molecule has 0 unspecified atom stereocenters. The fraction of sp³-hybridized carbons (Fsp3) is 0.235. The van der Waals surface area contributed by atoms with Gasteiger partial charge in [-0.3, -0.25) is 4.98 Å². The molecule has 0 atom stereocenters. The van der Waals surface area contributed by atoms with E-state index in [1.54, 1.807) is 0 Å². The average Bonchev–Trinajstić information content (AvgIpc) is 2.37. The Morgan fingerprint density at radius 1 is 1.05 bits per heavy atom. The first-order valence-corrected chi connectivity index (χ1v) is 6.49. The van der Waals surface area contributed by atoms with Crippen LogP contribution in [0.25, 0.3) is 5.57 Å². The number of rotatable bonds is 1. The fourth-order valence-electron chi connectivity index (χ4n) is 2.36. The second-order valence-corrected chi connectivity index (χ2v) is 5.48. The van der Waals surface area contributed by atoms with Gasteiger partial charge in [0.15, 0.2) is 0 Å². The van der Waals surface area contributed by atoms with E-state index in [0.717, 1.165) is 22.6 Å². The SMILES string of the molecule is Cc1ccc(C2=CC(C)(C)Oc3ccccc32)nc1. The Hall–Kier alpha value is -2.09. The van der Waals surface area contributed by atoms with Gasteiger partial charge < -0.3 is 4.74 Å². The summed E-state index contributed by atoms with van der Waals surface area (Å²) < 4.78 is 5.99. The molecule has 1 aromatic carbocycles. The van der Waals surface area contributed by atoms with Crippen molar-refractivity contribution in [3.05, 3.63) is 65.5 Å². The van der Waals surface area contributed by atoms with Gasteiger partial charge in [0.2, 0.25) is 0 Å². The minimum absolute atomic E-state index is 0.309. The van der Waals surface area contributed by atoms with Gasteiger partial charge in [0.05, 0.1) is 5.69 Å². The normalized spacial score (nSPS) is 16.3. The number of fused-ring (bicyclic) bond motifs is 1. The topological polar surface area (TPSA) is 22.1 Å². The number of pyridine rings is 1. The van der Waals surface area contributed by atoms with Crippen molar-refractivity contribution in [1.29, 1.82) is 0 Å². The van der Waals surface area contributed by atoms with Crippen LogP contribution in [0.5, 0.6) is 5.75 Å². The standard InChI is InChI=1S/C17H17NO/c1-12-8-9-15(18-11-12)14-10-17(2,3)19-16-7-5-4-6-13(14)16/h4-11H,1-3H3. The Morgan fingerprint density at radius 2 is 1.84 bits per heavy atom. The van der Waals surface area contributed by atoms with E-state index in [2.05, 4.69) is 43.1 Å². The van der Waals surface area contributed by atoms with Gasteiger partial charge in [0.1, 0.15) is 11.4 Å². The number of para-hydroxylation sites is 1. The molecule has 3 rings (SSSR count). The zero-order valence-corrected chi connectivity index (χ0v) is 11.5. The largest absolute Gasteiger partial charge is 0.483 e. The van der Waals surface area contributed by atoms with E-state index in [-0.39, 0.29) is 5.60 Å². The molecular formula is C17H17NO. The molecule has 0 amide bonds. The molecule has 2 heteroatoms. The molecule has 2 nitrogen and oxygen atoms in total. The van der Waals surface area contributed by atoms with Gasteiger partial charge in [-0.05, 0) is 44.5 Å². The quantitative estimate of drug-likeness (QED) is 0.764.